The molecule has 0 aromatic rings. The van der Waals surface area contributed by atoms with Crippen molar-refractivity contribution in [2.45, 2.75) is 12.8 Å². The van der Waals surface area contributed by atoms with E-state index in [0.717, 1.165) is 26.1 Å². The Morgan fingerprint density at radius 1 is 1.40 bits per heavy atom. The highest BCUT2D eigenvalue weighted by molar-refractivity contribution is 5.80. The molecule has 2 fully saturated rings. The Labute approximate surface area is 88.4 Å². The van der Waals surface area contributed by atoms with Gasteiger partial charge in [-0.15, -0.1) is 0 Å². The van der Waals surface area contributed by atoms with Crippen LogP contribution in [0.1, 0.15) is 12.8 Å². The number of hydrogen-bond donors (Lipinski definition) is 2. The number of carboxylic acid groups (broad SMARTS) is 1. The van der Waals surface area contributed by atoms with Crippen LogP contribution >= 0.6 is 0 Å². The lowest BCUT2D eigenvalue weighted by molar-refractivity contribution is -0.139. The van der Waals surface area contributed by atoms with Crippen LogP contribution in [0.15, 0.2) is 0 Å². The molecule has 5 heteroatoms. The number of hydrogen-bond acceptors (Lipinski definition) is 3. The normalized spacial score (nSPS) is 26.4. The number of carbonyl (C=O) groups is 2. The third-order valence-electron chi connectivity index (χ3n) is 3.19. The van der Waals surface area contributed by atoms with Crippen molar-refractivity contribution in [3.8, 4) is 0 Å². The molecule has 1 amide bonds. The van der Waals surface area contributed by atoms with Crippen LogP contribution in [0, 0.1) is 11.8 Å². The van der Waals surface area contributed by atoms with E-state index in [1.165, 1.54) is 0 Å². The molecule has 84 valence electrons. The minimum Gasteiger partial charge on any atom is -0.481 e. The van der Waals surface area contributed by atoms with Crippen LogP contribution in [0.3, 0.4) is 0 Å². The predicted molar refractivity (Wildman–Crippen MR) is 53.3 cm³/mol. The molecule has 2 N–H and O–H groups in total. The van der Waals surface area contributed by atoms with Crippen molar-refractivity contribution < 1.29 is 14.7 Å². The van der Waals surface area contributed by atoms with Crippen LogP contribution in [0.25, 0.3) is 0 Å². The first-order chi connectivity index (χ1) is 7.16. The Bertz CT molecular complexity index is 276. The lowest BCUT2D eigenvalue weighted by Crippen LogP contribution is -2.51. The van der Waals surface area contributed by atoms with Crippen LogP contribution in [0.4, 0.5) is 0 Å². The Kier molecular flexibility index (Phi) is 2.90. The summed E-state index contributed by atoms with van der Waals surface area (Å²) < 4.78 is 0. The third-order valence-corrected chi connectivity index (χ3v) is 3.19. The van der Waals surface area contributed by atoms with E-state index < -0.39 is 5.97 Å². The van der Waals surface area contributed by atoms with Crippen molar-refractivity contribution in [1.29, 1.82) is 0 Å². The van der Waals surface area contributed by atoms with E-state index in [2.05, 4.69) is 5.32 Å². The quantitative estimate of drug-likeness (QED) is 0.663. The van der Waals surface area contributed by atoms with Gasteiger partial charge in [-0.1, -0.05) is 0 Å². The monoisotopic (exact) mass is 212 g/mol. The molecule has 5 nitrogen and oxygen atoms in total. The summed E-state index contributed by atoms with van der Waals surface area (Å²) in [6, 6.07) is 0. The average molecular weight is 212 g/mol. The second-order valence-electron chi connectivity index (χ2n) is 4.39. The van der Waals surface area contributed by atoms with E-state index >= 15 is 0 Å². The minimum absolute atomic E-state index is 0.133. The van der Waals surface area contributed by atoms with Gasteiger partial charge in [0.25, 0.3) is 0 Å². The van der Waals surface area contributed by atoms with Crippen LogP contribution < -0.4 is 5.32 Å². The van der Waals surface area contributed by atoms with E-state index in [1.807, 2.05) is 4.90 Å². The lowest BCUT2D eigenvalue weighted by Gasteiger charge is -2.30. The summed E-state index contributed by atoms with van der Waals surface area (Å²) in [5, 5.41) is 11.7. The molecule has 1 unspecified atom stereocenters. The van der Waals surface area contributed by atoms with Crippen molar-refractivity contribution in [2.75, 3.05) is 26.2 Å². The van der Waals surface area contributed by atoms with Crippen LogP contribution in [0.2, 0.25) is 0 Å². The Hall–Kier alpha value is -1.10. The molecule has 2 saturated heterocycles. The highest BCUT2D eigenvalue weighted by Gasteiger charge is 2.33. The van der Waals surface area contributed by atoms with E-state index in [9.17, 15) is 9.59 Å². The van der Waals surface area contributed by atoms with Crippen molar-refractivity contribution in [3.05, 3.63) is 0 Å². The SMILES string of the molecule is O=C(O)CC1CCN(C(=O)C2CNC2)C1. The summed E-state index contributed by atoms with van der Waals surface area (Å²) in [5.41, 5.74) is 0. The number of carbonyl (C=O) groups excluding carboxylic acids is 1. The number of aliphatic carboxylic acids is 1. The van der Waals surface area contributed by atoms with Gasteiger partial charge in [0.1, 0.15) is 0 Å². The molecule has 0 bridgehead atoms. The predicted octanol–water partition coefficient (Wildman–Crippen LogP) is -0.471. The molecule has 2 aliphatic rings. The second kappa shape index (κ2) is 4.18. The summed E-state index contributed by atoms with van der Waals surface area (Å²) >= 11 is 0. The van der Waals surface area contributed by atoms with E-state index in [0.29, 0.717) is 6.54 Å². The first-order valence-corrected chi connectivity index (χ1v) is 5.38. The number of likely N-dealkylation sites (tertiary alicyclic amines) is 1. The molecule has 0 saturated carbocycles. The largest absolute Gasteiger partial charge is 0.481 e. The maximum absolute atomic E-state index is 11.8. The molecule has 15 heavy (non-hydrogen) atoms. The van der Waals surface area contributed by atoms with Gasteiger partial charge in [0, 0.05) is 32.6 Å². The molecular weight excluding hydrogens is 196 g/mol. The Morgan fingerprint density at radius 2 is 2.13 bits per heavy atom. The summed E-state index contributed by atoms with van der Waals surface area (Å²) in [7, 11) is 0. The first kappa shape index (κ1) is 10.4. The number of carboxylic acids is 1. The zero-order chi connectivity index (χ0) is 10.8. The van der Waals surface area contributed by atoms with Gasteiger partial charge in [0.05, 0.1) is 5.92 Å². The van der Waals surface area contributed by atoms with Gasteiger partial charge in [-0.3, -0.25) is 9.59 Å². The summed E-state index contributed by atoms with van der Waals surface area (Å²) in [4.78, 5) is 24.1. The smallest absolute Gasteiger partial charge is 0.303 e. The fourth-order valence-electron chi connectivity index (χ4n) is 2.17. The number of rotatable bonds is 3. The van der Waals surface area contributed by atoms with Gasteiger partial charge >= 0.3 is 5.97 Å². The Morgan fingerprint density at radius 3 is 2.67 bits per heavy atom. The van der Waals surface area contributed by atoms with Crippen molar-refractivity contribution in [3.63, 3.8) is 0 Å². The number of nitrogens with zero attached hydrogens (tertiary/aromatic N) is 1. The van der Waals surface area contributed by atoms with Gasteiger partial charge < -0.3 is 15.3 Å². The van der Waals surface area contributed by atoms with Gasteiger partial charge in [0.2, 0.25) is 5.91 Å². The molecule has 0 spiro atoms. The summed E-state index contributed by atoms with van der Waals surface area (Å²) in [6.07, 6.45) is 1.02. The van der Waals surface area contributed by atoms with E-state index in [-0.39, 0.29) is 24.2 Å². The number of nitrogens with one attached hydrogen (secondary N) is 1. The summed E-state index contributed by atoms with van der Waals surface area (Å²) in [6.45, 7) is 2.91. The molecule has 2 aliphatic heterocycles. The topological polar surface area (TPSA) is 69.6 Å². The Balaban J connectivity index is 1.81. The van der Waals surface area contributed by atoms with Gasteiger partial charge in [-0.2, -0.15) is 0 Å². The molecule has 0 radical (unpaired) electrons. The van der Waals surface area contributed by atoms with Crippen molar-refractivity contribution in [1.82, 2.24) is 10.2 Å². The number of amides is 1. The minimum atomic E-state index is -0.764. The van der Waals surface area contributed by atoms with Crippen molar-refractivity contribution in [2.24, 2.45) is 11.8 Å². The highest BCUT2D eigenvalue weighted by Crippen LogP contribution is 2.22. The molecule has 2 heterocycles. The van der Waals surface area contributed by atoms with Gasteiger partial charge in [0.15, 0.2) is 0 Å². The van der Waals surface area contributed by atoms with Gasteiger partial charge in [-0.25, -0.2) is 0 Å². The van der Waals surface area contributed by atoms with E-state index in [4.69, 9.17) is 5.11 Å². The maximum atomic E-state index is 11.8. The first-order valence-electron chi connectivity index (χ1n) is 5.38. The fourth-order valence-corrected chi connectivity index (χ4v) is 2.17. The van der Waals surface area contributed by atoms with Crippen LogP contribution in [-0.4, -0.2) is 48.1 Å². The lowest BCUT2D eigenvalue weighted by atomic mass is 10.0. The molecular formula is C10H16N2O3. The summed E-state index contributed by atoms with van der Waals surface area (Å²) in [5.74, 6) is -0.283. The third kappa shape index (κ3) is 2.28. The molecule has 0 aliphatic carbocycles. The highest BCUT2D eigenvalue weighted by atomic mass is 16.4. The molecule has 2 rings (SSSR count). The molecule has 1 atom stereocenters. The van der Waals surface area contributed by atoms with Crippen LogP contribution in [0.5, 0.6) is 0 Å². The zero-order valence-corrected chi connectivity index (χ0v) is 8.61. The maximum Gasteiger partial charge on any atom is 0.303 e. The fraction of sp³-hybridized carbons (Fsp3) is 0.800. The standard InChI is InChI=1S/C10H16N2O3/c13-9(14)3-7-1-2-12(6-7)10(15)8-4-11-5-8/h7-8,11H,1-6H2,(H,13,14). The molecule has 0 aromatic heterocycles. The average Bonchev–Trinajstić information content (AvgIpc) is 2.48. The van der Waals surface area contributed by atoms with Gasteiger partial charge in [-0.05, 0) is 12.3 Å². The zero-order valence-electron chi connectivity index (χ0n) is 8.61. The molecule has 0 aromatic carbocycles. The second-order valence-corrected chi connectivity index (χ2v) is 4.39. The van der Waals surface area contributed by atoms with E-state index in [1.54, 1.807) is 0 Å². The van der Waals surface area contributed by atoms with Crippen LogP contribution in [-0.2, 0) is 9.59 Å². The van der Waals surface area contributed by atoms with Crippen molar-refractivity contribution >= 4 is 11.9 Å².